The Morgan fingerprint density at radius 1 is 1.04 bits per heavy atom. The standard InChI is InChI=1S/C25H42N2O/c1-15-17-7-8-20-23(4)13-19(28)21(16(2)26-5)22(23,3)11-12-25(20)14-24(17,25)10-9-18(15)27-6/h16-21,26-28H,1,7-14H2,2-6H3/t16-,17-,18-,19+,20+,21-,22+,23+,24+,25-/m0/s1. The zero-order valence-electron chi connectivity index (χ0n) is 18.8. The molecule has 3 nitrogen and oxygen atoms in total. The SMILES string of the molecule is C=C1[C@@H](NC)CC[C@]23C[C@]24CC[C@]2(C)[C@@H]([C@H](C)NC)[C@H](O)C[C@]2(C)[C@H]4CC[C@@H]13. The van der Waals surface area contributed by atoms with Crippen molar-refractivity contribution in [1.82, 2.24) is 10.6 Å². The van der Waals surface area contributed by atoms with Crippen LogP contribution in [0, 0.1) is 39.4 Å². The molecule has 0 aliphatic heterocycles. The molecule has 0 saturated heterocycles. The highest BCUT2D eigenvalue weighted by molar-refractivity contribution is 5.35. The molecule has 158 valence electrons. The molecule has 5 aliphatic carbocycles. The van der Waals surface area contributed by atoms with Crippen LogP contribution in [-0.2, 0) is 0 Å². The van der Waals surface area contributed by atoms with Crippen LogP contribution in [0.1, 0.15) is 72.1 Å². The fraction of sp³-hybridized carbons (Fsp3) is 0.920. The second kappa shape index (κ2) is 5.86. The predicted molar refractivity (Wildman–Crippen MR) is 115 cm³/mol. The summed E-state index contributed by atoms with van der Waals surface area (Å²) in [6, 6.07) is 0.912. The lowest BCUT2D eigenvalue weighted by molar-refractivity contribution is -0.120. The Morgan fingerprint density at radius 2 is 1.79 bits per heavy atom. The van der Waals surface area contributed by atoms with E-state index < -0.39 is 0 Å². The van der Waals surface area contributed by atoms with Gasteiger partial charge in [0.05, 0.1) is 6.10 Å². The third-order valence-corrected chi connectivity index (χ3v) is 11.6. The fourth-order valence-electron chi connectivity index (χ4n) is 10.1. The molecule has 3 N–H and O–H groups in total. The van der Waals surface area contributed by atoms with Crippen molar-refractivity contribution in [3.05, 3.63) is 12.2 Å². The van der Waals surface area contributed by atoms with Crippen molar-refractivity contribution in [3.8, 4) is 0 Å². The topological polar surface area (TPSA) is 44.3 Å². The maximum atomic E-state index is 11.2. The van der Waals surface area contributed by atoms with Crippen LogP contribution < -0.4 is 10.6 Å². The first-order chi connectivity index (χ1) is 13.2. The van der Waals surface area contributed by atoms with Crippen molar-refractivity contribution in [2.45, 2.75) is 90.3 Å². The molecular formula is C25H42N2O. The zero-order chi connectivity index (χ0) is 20.1. The van der Waals surface area contributed by atoms with Gasteiger partial charge in [-0.3, -0.25) is 0 Å². The normalized spacial score (nSPS) is 58.4. The van der Waals surface area contributed by atoms with Crippen molar-refractivity contribution in [3.63, 3.8) is 0 Å². The van der Waals surface area contributed by atoms with Crippen LogP contribution in [-0.4, -0.2) is 37.4 Å². The van der Waals surface area contributed by atoms with E-state index in [4.69, 9.17) is 0 Å². The lowest BCUT2D eigenvalue weighted by atomic mass is 9.43. The second-order valence-electron chi connectivity index (χ2n) is 11.8. The minimum Gasteiger partial charge on any atom is -0.393 e. The summed E-state index contributed by atoms with van der Waals surface area (Å²) in [6.07, 6.45) is 10.3. The summed E-state index contributed by atoms with van der Waals surface area (Å²) in [5.41, 5.74) is 3.12. The highest BCUT2D eigenvalue weighted by Crippen LogP contribution is 2.87. The molecule has 0 aromatic rings. The summed E-state index contributed by atoms with van der Waals surface area (Å²) in [5.74, 6) is 1.90. The smallest absolute Gasteiger partial charge is 0.0594 e. The number of aliphatic hydroxyl groups excluding tert-OH is 1. The fourth-order valence-corrected chi connectivity index (χ4v) is 10.1. The van der Waals surface area contributed by atoms with Crippen LogP contribution in [0.2, 0.25) is 0 Å². The first kappa shape index (κ1) is 19.6. The molecule has 3 heteroatoms. The van der Waals surface area contributed by atoms with E-state index in [2.05, 4.69) is 52.1 Å². The molecule has 28 heavy (non-hydrogen) atoms. The molecular weight excluding hydrogens is 344 g/mol. The van der Waals surface area contributed by atoms with Gasteiger partial charge in [-0.25, -0.2) is 0 Å². The Morgan fingerprint density at radius 3 is 2.46 bits per heavy atom. The Kier molecular flexibility index (Phi) is 4.09. The molecule has 0 aromatic carbocycles. The van der Waals surface area contributed by atoms with Crippen LogP contribution in [0.15, 0.2) is 12.2 Å². The van der Waals surface area contributed by atoms with Gasteiger partial charge in [0.1, 0.15) is 0 Å². The quantitative estimate of drug-likeness (QED) is 0.639. The van der Waals surface area contributed by atoms with Crippen molar-refractivity contribution >= 4 is 0 Å². The molecule has 5 fully saturated rings. The van der Waals surface area contributed by atoms with Crippen molar-refractivity contribution < 1.29 is 5.11 Å². The van der Waals surface area contributed by atoms with Gasteiger partial charge in [0.25, 0.3) is 0 Å². The largest absolute Gasteiger partial charge is 0.393 e. The molecule has 5 saturated carbocycles. The van der Waals surface area contributed by atoms with Crippen molar-refractivity contribution in [2.75, 3.05) is 14.1 Å². The average Bonchev–Trinajstić information content (AvgIpc) is 3.27. The number of fused-ring (bicyclic) bond motifs is 2. The minimum absolute atomic E-state index is 0.157. The van der Waals surface area contributed by atoms with Gasteiger partial charge in [0, 0.05) is 18.0 Å². The molecule has 5 aliphatic rings. The Labute approximate surface area is 172 Å². The van der Waals surface area contributed by atoms with E-state index in [0.29, 0.717) is 28.8 Å². The van der Waals surface area contributed by atoms with Gasteiger partial charge in [0.15, 0.2) is 0 Å². The molecule has 10 atom stereocenters. The molecule has 0 heterocycles. The molecule has 0 radical (unpaired) electrons. The summed E-state index contributed by atoms with van der Waals surface area (Å²) in [4.78, 5) is 0. The first-order valence-corrected chi connectivity index (χ1v) is 11.9. The second-order valence-corrected chi connectivity index (χ2v) is 11.8. The van der Waals surface area contributed by atoms with E-state index in [-0.39, 0.29) is 16.9 Å². The van der Waals surface area contributed by atoms with E-state index in [1.165, 1.54) is 50.5 Å². The van der Waals surface area contributed by atoms with E-state index >= 15 is 0 Å². The Bertz CT molecular complexity index is 692. The average molecular weight is 387 g/mol. The highest BCUT2D eigenvalue weighted by atomic mass is 16.3. The number of nitrogens with one attached hydrogen (secondary N) is 2. The lowest BCUT2D eigenvalue weighted by Gasteiger charge is -2.61. The summed E-state index contributed by atoms with van der Waals surface area (Å²) < 4.78 is 0. The van der Waals surface area contributed by atoms with Crippen molar-refractivity contribution in [1.29, 1.82) is 0 Å². The van der Waals surface area contributed by atoms with Crippen LogP contribution in [0.3, 0.4) is 0 Å². The number of likely N-dealkylation sites (N-methyl/N-ethyl adjacent to an activating group) is 1. The molecule has 0 amide bonds. The minimum atomic E-state index is -0.157. The Balaban J connectivity index is 1.51. The zero-order valence-corrected chi connectivity index (χ0v) is 18.8. The Hall–Kier alpha value is -0.380. The van der Waals surface area contributed by atoms with Gasteiger partial charge in [-0.2, -0.15) is 0 Å². The van der Waals surface area contributed by atoms with Gasteiger partial charge in [-0.1, -0.05) is 26.0 Å². The lowest BCUT2D eigenvalue weighted by Crippen LogP contribution is -2.56. The number of aliphatic hydroxyl groups is 1. The third-order valence-electron chi connectivity index (χ3n) is 11.6. The summed E-state index contributed by atoms with van der Waals surface area (Å²) >= 11 is 0. The molecule has 0 unspecified atom stereocenters. The van der Waals surface area contributed by atoms with E-state index in [9.17, 15) is 5.11 Å². The van der Waals surface area contributed by atoms with E-state index in [0.717, 1.165) is 18.3 Å². The van der Waals surface area contributed by atoms with Crippen LogP contribution in [0.25, 0.3) is 0 Å². The van der Waals surface area contributed by atoms with Gasteiger partial charge in [0.2, 0.25) is 0 Å². The molecule has 0 aromatic heterocycles. The van der Waals surface area contributed by atoms with Crippen LogP contribution >= 0.6 is 0 Å². The number of hydrogen-bond donors (Lipinski definition) is 3. The van der Waals surface area contributed by atoms with Gasteiger partial charge < -0.3 is 15.7 Å². The van der Waals surface area contributed by atoms with Gasteiger partial charge in [-0.15, -0.1) is 0 Å². The van der Waals surface area contributed by atoms with Crippen molar-refractivity contribution in [2.24, 2.45) is 39.4 Å². The molecule has 2 spiro atoms. The van der Waals surface area contributed by atoms with E-state index in [1.807, 2.05) is 0 Å². The van der Waals surface area contributed by atoms with Crippen LogP contribution in [0.4, 0.5) is 0 Å². The monoisotopic (exact) mass is 386 g/mol. The van der Waals surface area contributed by atoms with Crippen LogP contribution in [0.5, 0.6) is 0 Å². The van der Waals surface area contributed by atoms with Gasteiger partial charge >= 0.3 is 0 Å². The molecule has 0 bridgehead atoms. The number of rotatable bonds is 3. The molecule has 5 rings (SSSR count). The maximum absolute atomic E-state index is 11.2. The van der Waals surface area contributed by atoms with E-state index in [1.54, 1.807) is 0 Å². The van der Waals surface area contributed by atoms with Gasteiger partial charge in [-0.05, 0) is 106 Å². The summed E-state index contributed by atoms with van der Waals surface area (Å²) in [6.45, 7) is 12.0. The first-order valence-electron chi connectivity index (χ1n) is 11.9. The predicted octanol–water partition coefficient (Wildman–Crippen LogP) is 4.12. The highest BCUT2D eigenvalue weighted by Gasteiger charge is 2.81. The third kappa shape index (κ3) is 1.98. The summed E-state index contributed by atoms with van der Waals surface area (Å²) in [5, 5.41) is 18.2. The maximum Gasteiger partial charge on any atom is 0.0594 e. The summed E-state index contributed by atoms with van der Waals surface area (Å²) in [7, 11) is 4.17. The number of hydrogen-bond acceptors (Lipinski definition) is 3.